The lowest BCUT2D eigenvalue weighted by atomic mass is 10.0. The summed E-state index contributed by atoms with van der Waals surface area (Å²) in [5, 5.41) is 6.87. The summed E-state index contributed by atoms with van der Waals surface area (Å²) in [5.41, 5.74) is 2.64. The van der Waals surface area contributed by atoms with Crippen LogP contribution < -0.4 is 10.6 Å². The van der Waals surface area contributed by atoms with E-state index in [9.17, 15) is 0 Å². The third kappa shape index (κ3) is 6.59. The molecule has 0 aliphatic carbocycles. The van der Waals surface area contributed by atoms with E-state index in [0.717, 1.165) is 51.9 Å². The Morgan fingerprint density at radius 3 is 2.31 bits per heavy atom. The van der Waals surface area contributed by atoms with Crippen molar-refractivity contribution in [2.24, 2.45) is 4.99 Å². The van der Waals surface area contributed by atoms with Crippen molar-refractivity contribution in [3.63, 3.8) is 0 Å². The van der Waals surface area contributed by atoms with Crippen LogP contribution in [0.25, 0.3) is 0 Å². The molecule has 0 bridgehead atoms. The average molecular weight is 362 g/mol. The molecule has 1 heterocycles. The standard InChI is InChI=1S/C20H35N5O/c1-20(2,25-10-12-26-13-11-25)16-23-19(21-3)22-14-17-6-8-18(9-7-17)15-24(4)5/h6-9H,10-16H2,1-5H3,(H2,21,22,23). The van der Waals surface area contributed by atoms with Gasteiger partial charge in [-0.15, -0.1) is 0 Å². The predicted octanol–water partition coefficient (Wildman–Crippen LogP) is 1.52. The molecule has 1 aromatic carbocycles. The highest BCUT2D eigenvalue weighted by molar-refractivity contribution is 5.79. The number of hydrogen-bond acceptors (Lipinski definition) is 4. The first-order valence-electron chi connectivity index (χ1n) is 9.40. The Hall–Kier alpha value is -1.63. The van der Waals surface area contributed by atoms with Crippen LogP contribution in [0.15, 0.2) is 29.3 Å². The smallest absolute Gasteiger partial charge is 0.191 e. The van der Waals surface area contributed by atoms with Crippen LogP contribution in [0.4, 0.5) is 0 Å². The molecule has 1 aliphatic rings. The van der Waals surface area contributed by atoms with Crippen molar-refractivity contribution in [1.82, 2.24) is 20.4 Å². The summed E-state index contributed by atoms with van der Waals surface area (Å²) < 4.78 is 5.46. The van der Waals surface area contributed by atoms with Gasteiger partial charge in [-0.2, -0.15) is 0 Å². The van der Waals surface area contributed by atoms with Crippen molar-refractivity contribution in [1.29, 1.82) is 0 Å². The van der Waals surface area contributed by atoms with E-state index < -0.39 is 0 Å². The lowest BCUT2D eigenvalue weighted by Gasteiger charge is -2.41. The maximum Gasteiger partial charge on any atom is 0.191 e. The number of morpholine rings is 1. The van der Waals surface area contributed by atoms with Gasteiger partial charge in [-0.3, -0.25) is 9.89 Å². The highest BCUT2D eigenvalue weighted by Gasteiger charge is 2.28. The fraction of sp³-hybridized carbons (Fsp3) is 0.650. The summed E-state index contributed by atoms with van der Waals surface area (Å²) >= 11 is 0. The maximum atomic E-state index is 5.46. The van der Waals surface area contributed by atoms with Gasteiger partial charge < -0.3 is 20.3 Å². The number of nitrogens with one attached hydrogen (secondary N) is 2. The second-order valence-corrected chi connectivity index (χ2v) is 7.75. The molecule has 0 atom stereocenters. The minimum atomic E-state index is 0.0647. The molecular weight excluding hydrogens is 326 g/mol. The van der Waals surface area contributed by atoms with Gasteiger partial charge in [0.15, 0.2) is 5.96 Å². The van der Waals surface area contributed by atoms with Crippen molar-refractivity contribution < 1.29 is 4.74 Å². The largest absolute Gasteiger partial charge is 0.379 e. The second-order valence-electron chi connectivity index (χ2n) is 7.75. The van der Waals surface area contributed by atoms with Gasteiger partial charge >= 0.3 is 0 Å². The molecule has 0 aromatic heterocycles. The molecule has 0 amide bonds. The Balaban J connectivity index is 1.80. The highest BCUT2D eigenvalue weighted by atomic mass is 16.5. The zero-order valence-electron chi connectivity index (χ0n) is 17.0. The van der Waals surface area contributed by atoms with E-state index in [1.807, 2.05) is 7.05 Å². The van der Waals surface area contributed by atoms with Crippen LogP contribution in [-0.4, -0.2) is 75.3 Å². The van der Waals surface area contributed by atoms with Crippen LogP contribution in [0.1, 0.15) is 25.0 Å². The number of benzene rings is 1. The van der Waals surface area contributed by atoms with E-state index >= 15 is 0 Å². The normalized spacial score (nSPS) is 16.8. The first-order valence-corrected chi connectivity index (χ1v) is 9.40. The molecule has 0 unspecified atom stereocenters. The monoisotopic (exact) mass is 361 g/mol. The fourth-order valence-electron chi connectivity index (χ4n) is 3.11. The van der Waals surface area contributed by atoms with Gasteiger partial charge in [-0.25, -0.2) is 0 Å². The molecule has 26 heavy (non-hydrogen) atoms. The van der Waals surface area contributed by atoms with Gasteiger partial charge in [-0.1, -0.05) is 24.3 Å². The van der Waals surface area contributed by atoms with Crippen LogP contribution in [0.5, 0.6) is 0 Å². The van der Waals surface area contributed by atoms with Crippen molar-refractivity contribution in [2.75, 3.05) is 54.0 Å². The molecule has 1 aliphatic heterocycles. The number of ether oxygens (including phenoxy) is 1. The average Bonchev–Trinajstić information content (AvgIpc) is 2.63. The molecule has 6 heteroatoms. The Kier molecular flexibility index (Phi) is 7.87. The molecule has 0 radical (unpaired) electrons. The Bertz CT molecular complexity index is 562. The Morgan fingerprint density at radius 1 is 1.12 bits per heavy atom. The quantitative estimate of drug-likeness (QED) is 0.570. The van der Waals surface area contributed by atoms with Gasteiger partial charge in [0.25, 0.3) is 0 Å². The molecule has 2 N–H and O–H groups in total. The van der Waals surface area contributed by atoms with Crippen molar-refractivity contribution in [3.05, 3.63) is 35.4 Å². The number of nitrogens with zero attached hydrogens (tertiary/aromatic N) is 3. The van der Waals surface area contributed by atoms with Crippen LogP contribution >= 0.6 is 0 Å². The van der Waals surface area contributed by atoms with E-state index in [1.165, 1.54) is 11.1 Å². The first kappa shape index (κ1) is 20.7. The Morgan fingerprint density at radius 2 is 1.73 bits per heavy atom. The predicted molar refractivity (Wildman–Crippen MR) is 109 cm³/mol. The number of aliphatic imine (C=N–C) groups is 1. The summed E-state index contributed by atoms with van der Waals surface area (Å²) in [4.78, 5) is 9.00. The molecule has 146 valence electrons. The van der Waals surface area contributed by atoms with E-state index in [0.29, 0.717) is 0 Å². The summed E-state index contributed by atoms with van der Waals surface area (Å²) in [7, 11) is 5.99. The van der Waals surface area contributed by atoms with Gasteiger partial charge in [0.05, 0.1) is 13.2 Å². The minimum Gasteiger partial charge on any atom is -0.379 e. The van der Waals surface area contributed by atoms with Gasteiger partial charge in [0.2, 0.25) is 0 Å². The molecule has 1 aromatic rings. The molecule has 2 rings (SSSR count). The number of guanidine groups is 1. The summed E-state index contributed by atoms with van der Waals surface area (Å²) in [6.45, 7) is 10.7. The van der Waals surface area contributed by atoms with Crippen LogP contribution in [0, 0.1) is 0 Å². The highest BCUT2D eigenvalue weighted by Crippen LogP contribution is 2.15. The molecule has 0 spiro atoms. The second kappa shape index (κ2) is 9.90. The van der Waals surface area contributed by atoms with Crippen molar-refractivity contribution in [3.8, 4) is 0 Å². The lowest BCUT2D eigenvalue weighted by Crippen LogP contribution is -2.56. The van der Waals surface area contributed by atoms with Gasteiger partial charge in [-0.05, 0) is 39.1 Å². The van der Waals surface area contributed by atoms with E-state index in [1.54, 1.807) is 0 Å². The third-order valence-corrected chi connectivity index (χ3v) is 4.76. The summed E-state index contributed by atoms with van der Waals surface area (Å²) in [6, 6.07) is 8.73. The molecular formula is C20H35N5O. The lowest BCUT2D eigenvalue weighted by molar-refractivity contribution is -0.00834. The van der Waals surface area contributed by atoms with Crippen molar-refractivity contribution in [2.45, 2.75) is 32.5 Å². The van der Waals surface area contributed by atoms with Crippen molar-refractivity contribution >= 4 is 5.96 Å². The minimum absolute atomic E-state index is 0.0647. The molecule has 1 saturated heterocycles. The SMILES string of the molecule is CN=C(NCc1ccc(CN(C)C)cc1)NCC(C)(C)N1CCOCC1. The zero-order valence-corrected chi connectivity index (χ0v) is 17.0. The van der Waals surface area contributed by atoms with Gasteiger partial charge in [0.1, 0.15) is 0 Å². The zero-order chi connectivity index (χ0) is 19.0. The molecule has 0 saturated carbocycles. The van der Waals surface area contributed by atoms with E-state index in [-0.39, 0.29) is 5.54 Å². The van der Waals surface area contributed by atoms with Crippen LogP contribution in [0.3, 0.4) is 0 Å². The third-order valence-electron chi connectivity index (χ3n) is 4.76. The number of rotatable bonds is 7. The van der Waals surface area contributed by atoms with Crippen LogP contribution in [0.2, 0.25) is 0 Å². The summed E-state index contributed by atoms with van der Waals surface area (Å²) in [6.07, 6.45) is 0. The Labute approximate surface area is 158 Å². The van der Waals surface area contributed by atoms with E-state index in [4.69, 9.17) is 4.74 Å². The topological polar surface area (TPSA) is 52.1 Å². The van der Waals surface area contributed by atoms with Gasteiger partial charge in [0, 0.05) is 45.3 Å². The number of hydrogen-bond donors (Lipinski definition) is 2. The molecule has 1 fully saturated rings. The first-order chi connectivity index (χ1) is 12.4. The fourth-order valence-corrected chi connectivity index (χ4v) is 3.11. The summed E-state index contributed by atoms with van der Waals surface area (Å²) in [5.74, 6) is 0.837. The van der Waals surface area contributed by atoms with E-state index in [2.05, 4.69) is 77.6 Å². The maximum absolute atomic E-state index is 5.46. The molecule has 6 nitrogen and oxygen atoms in total. The van der Waals surface area contributed by atoms with Crippen LogP contribution in [-0.2, 0) is 17.8 Å².